The van der Waals surface area contributed by atoms with Crippen LogP contribution in [0.3, 0.4) is 0 Å². The summed E-state index contributed by atoms with van der Waals surface area (Å²) in [5.41, 5.74) is 1.32. The van der Waals surface area contributed by atoms with Gasteiger partial charge in [-0.3, -0.25) is 13.9 Å². The molecule has 0 aromatic heterocycles. The molecule has 1 heterocycles. The maximum Gasteiger partial charge on any atom is 0.253 e. The van der Waals surface area contributed by atoms with E-state index < -0.39 is 10.0 Å². The molecule has 36 heavy (non-hydrogen) atoms. The topological polar surface area (TPSA) is 114 Å². The van der Waals surface area contributed by atoms with Gasteiger partial charge in [0, 0.05) is 25.1 Å². The van der Waals surface area contributed by atoms with Crippen LogP contribution >= 0.6 is 0 Å². The largest absolute Gasteiger partial charge is 0.486 e. The molecule has 9 nitrogen and oxygen atoms in total. The van der Waals surface area contributed by atoms with Crippen molar-refractivity contribution < 1.29 is 27.5 Å². The van der Waals surface area contributed by atoms with E-state index in [0.717, 1.165) is 31.9 Å². The average molecular weight is 516 g/mol. The summed E-state index contributed by atoms with van der Waals surface area (Å²) in [6.07, 6.45) is 6.88. The first-order valence-corrected chi connectivity index (χ1v) is 14.2. The second-order valence-electron chi connectivity index (χ2n) is 9.17. The van der Waals surface area contributed by atoms with E-state index in [2.05, 4.69) is 10.6 Å². The second-order valence-corrected chi connectivity index (χ2v) is 11.1. The molecule has 0 spiro atoms. The van der Waals surface area contributed by atoms with E-state index >= 15 is 0 Å². The molecule has 194 valence electrons. The number of nitrogens with one attached hydrogen (secondary N) is 2. The van der Waals surface area contributed by atoms with Crippen LogP contribution in [0, 0.1) is 0 Å². The van der Waals surface area contributed by atoms with E-state index in [9.17, 15) is 18.0 Å². The van der Waals surface area contributed by atoms with Gasteiger partial charge in [0.1, 0.15) is 13.2 Å². The number of sulfonamides is 1. The summed E-state index contributed by atoms with van der Waals surface area (Å²) < 4.78 is 37.3. The highest BCUT2D eigenvalue weighted by molar-refractivity contribution is 7.92. The fourth-order valence-electron chi connectivity index (χ4n) is 4.57. The minimum atomic E-state index is -3.58. The lowest BCUT2D eigenvalue weighted by molar-refractivity contribution is -0.116. The Kier molecular flexibility index (Phi) is 8.35. The molecule has 4 rings (SSSR count). The van der Waals surface area contributed by atoms with Gasteiger partial charge in [-0.1, -0.05) is 31.4 Å². The minimum Gasteiger partial charge on any atom is -0.486 e. The maximum absolute atomic E-state index is 12.8. The molecule has 1 aliphatic heterocycles. The molecule has 1 saturated carbocycles. The Hall–Kier alpha value is -3.27. The third-order valence-electron chi connectivity index (χ3n) is 6.37. The molecule has 2 aliphatic rings. The van der Waals surface area contributed by atoms with Crippen LogP contribution in [-0.2, 0) is 14.8 Å². The molecule has 0 radical (unpaired) electrons. The lowest BCUT2D eigenvalue weighted by Crippen LogP contribution is -2.36. The Morgan fingerprint density at radius 3 is 2.47 bits per heavy atom. The van der Waals surface area contributed by atoms with Crippen LogP contribution in [0.1, 0.15) is 55.3 Å². The first-order valence-electron chi connectivity index (χ1n) is 12.4. The minimum absolute atomic E-state index is 0.0924. The van der Waals surface area contributed by atoms with Gasteiger partial charge < -0.3 is 20.1 Å². The van der Waals surface area contributed by atoms with Crippen LogP contribution < -0.4 is 24.4 Å². The molecule has 1 aliphatic carbocycles. The number of amides is 2. The van der Waals surface area contributed by atoms with Gasteiger partial charge in [-0.25, -0.2) is 8.42 Å². The SMILES string of the molecule is CS(=O)(=O)N(CCCC(=O)Nc1ccccc1C(=O)NC1CCCCC1)c1ccc2c(c1)OCCO2. The number of para-hydroxylation sites is 1. The van der Waals surface area contributed by atoms with Crippen LogP contribution in [0.25, 0.3) is 0 Å². The molecule has 0 unspecified atom stereocenters. The van der Waals surface area contributed by atoms with Gasteiger partial charge in [0.15, 0.2) is 11.5 Å². The third kappa shape index (κ3) is 6.69. The zero-order valence-corrected chi connectivity index (χ0v) is 21.3. The smallest absolute Gasteiger partial charge is 0.253 e. The molecule has 10 heteroatoms. The Balaban J connectivity index is 1.35. The number of carbonyl (C=O) groups excluding carboxylic acids is 2. The molecule has 2 aromatic carbocycles. The molecular weight excluding hydrogens is 482 g/mol. The Bertz CT molecular complexity index is 1190. The molecule has 2 amide bonds. The van der Waals surface area contributed by atoms with Crippen LogP contribution in [0.15, 0.2) is 42.5 Å². The summed E-state index contributed by atoms with van der Waals surface area (Å²) in [6.45, 7) is 0.966. The predicted octanol–water partition coefficient (Wildman–Crippen LogP) is 3.71. The van der Waals surface area contributed by atoms with Gasteiger partial charge in [0.25, 0.3) is 5.91 Å². The van der Waals surface area contributed by atoms with Gasteiger partial charge in [-0.15, -0.1) is 0 Å². The van der Waals surface area contributed by atoms with Gasteiger partial charge in [-0.2, -0.15) is 0 Å². The highest BCUT2D eigenvalue weighted by Gasteiger charge is 2.22. The predicted molar refractivity (Wildman–Crippen MR) is 138 cm³/mol. The van der Waals surface area contributed by atoms with Gasteiger partial charge in [0.05, 0.1) is 23.2 Å². The number of benzene rings is 2. The van der Waals surface area contributed by atoms with Crippen molar-refractivity contribution in [1.29, 1.82) is 0 Å². The van der Waals surface area contributed by atoms with E-state index in [1.54, 1.807) is 42.5 Å². The lowest BCUT2D eigenvalue weighted by atomic mass is 9.95. The Morgan fingerprint density at radius 1 is 1.00 bits per heavy atom. The standard InChI is InChI=1S/C26H33N3O6S/c1-36(32,33)29(20-13-14-23-24(18-20)35-17-16-34-23)15-7-12-25(30)28-22-11-6-5-10-21(22)26(31)27-19-8-3-2-4-9-19/h5-6,10-11,13-14,18-19H,2-4,7-9,12,15-17H2,1H3,(H,27,31)(H,28,30). The summed E-state index contributed by atoms with van der Waals surface area (Å²) in [6, 6.07) is 12.1. The first-order chi connectivity index (χ1) is 17.3. The number of hydrogen-bond acceptors (Lipinski definition) is 6. The molecular formula is C26H33N3O6S. The molecule has 1 fully saturated rings. The fraction of sp³-hybridized carbons (Fsp3) is 0.462. The number of ether oxygens (including phenoxy) is 2. The lowest BCUT2D eigenvalue weighted by Gasteiger charge is -2.25. The summed E-state index contributed by atoms with van der Waals surface area (Å²) in [7, 11) is -3.58. The van der Waals surface area contributed by atoms with Crippen molar-refractivity contribution in [2.75, 3.05) is 35.6 Å². The number of carbonyl (C=O) groups is 2. The summed E-state index contributed by atoms with van der Waals surface area (Å²) in [5.74, 6) is 0.584. The van der Waals surface area contributed by atoms with E-state index in [1.165, 1.54) is 10.7 Å². The van der Waals surface area contributed by atoms with E-state index in [1.807, 2.05) is 0 Å². The Morgan fingerprint density at radius 2 is 1.72 bits per heavy atom. The van der Waals surface area contributed by atoms with E-state index in [4.69, 9.17) is 9.47 Å². The molecule has 2 N–H and O–H groups in total. The highest BCUT2D eigenvalue weighted by Crippen LogP contribution is 2.34. The number of fused-ring (bicyclic) bond motifs is 1. The van der Waals surface area contributed by atoms with Crippen molar-refractivity contribution in [2.45, 2.75) is 51.0 Å². The zero-order valence-electron chi connectivity index (χ0n) is 20.5. The zero-order chi connectivity index (χ0) is 25.5. The highest BCUT2D eigenvalue weighted by atomic mass is 32.2. The van der Waals surface area contributed by atoms with E-state index in [-0.39, 0.29) is 30.8 Å². The summed E-state index contributed by atoms with van der Waals surface area (Å²) in [5, 5.41) is 5.90. The van der Waals surface area contributed by atoms with Gasteiger partial charge in [0.2, 0.25) is 15.9 Å². The summed E-state index contributed by atoms with van der Waals surface area (Å²) >= 11 is 0. The molecule has 2 aromatic rings. The summed E-state index contributed by atoms with van der Waals surface area (Å²) in [4.78, 5) is 25.5. The normalized spacial score (nSPS) is 15.7. The molecule has 0 saturated heterocycles. The number of rotatable bonds is 9. The van der Waals surface area contributed by atoms with Crippen molar-refractivity contribution in [3.05, 3.63) is 48.0 Å². The van der Waals surface area contributed by atoms with Crippen LogP contribution in [0.4, 0.5) is 11.4 Å². The average Bonchev–Trinajstić information content (AvgIpc) is 2.86. The van der Waals surface area contributed by atoms with Crippen molar-refractivity contribution in [3.63, 3.8) is 0 Å². The second kappa shape index (κ2) is 11.6. The maximum atomic E-state index is 12.8. The fourth-order valence-corrected chi connectivity index (χ4v) is 5.53. The quantitative estimate of drug-likeness (QED) is 0.526. The Labute approximate surface area is 212 Å². The van der Waals surface area contributed by atoms with Crippen molar-refractivity contribution in [2.24, 2.45) is 0 Å². The number of nitrogens with zero attached hydrogens (tertiary/aromatic N) is 1. The van der Waals surface area contributed by atoms with Gasteiger partial charge in [-0.05, 0) is 43.5 Å². The van der Waals surface area contributed by atoms with Crippen LogP contribution in [0.2, 0.25) is 0 Å². The number of hydrogen-bond donors (Lipinski definition) is 2. The van der Waals surface area contributed by atoms with Crippen LogP contribution in [-0.4, -0.2) is 52.3 Å². The van der Waals surface area contributed by atoms with Crippen molar-refractivity contribution in [1.82, 2.24) is 5.32 Å². The number of anilines is 2. The van der Waals surface area contributed by atoms with Crippen LogP contribution in [0.5, 0.6) is 11.5 Å². The molecule has 0 atom stereocenters. The monoisotopic (exact) mass is 515 g/mol. The first kappa shape index (κ1) is 25.8. The van der Waals surface area contributed by atoms with E-state index in [0.29, 0.717) is 48.1 Å². The van der Waals surface area contributed by atoms with Gasteiger partial charge >= 0.3 is 0 Å². The van der Waals surface area contributed by atoms with Crippen molar-refractivity contribution in [3.8, 4) is 11.5 Å². The third-order valence-corrected chi connectivity index (χ3v) is 7.56. The van der Waals surface area contributed by atoms with Crippen molar-refractivity contribution >= 4 is 33.2 Å². The molecule has 0 bridgehead atoms.